The summed E-state index contributed by atoms with van der Waals surface area (Å²) >= 11 is 0. The Bertz CT molecular complexity index is 420. The SMILES string of the molecule is Cc1ccc(C)c(S(=O)CCCCC#N)c1. The molecular weight excluding hydrogens is 218 g/mol. The highest BCUT2D eigenvalue weighted by Crippen LogP contribution is 2.16. The van der Waals surface area contributed by atoms with E-state index in [0.717, 1.165) is 28.9 Å². The fourth-order valence-corrected chi connectivity index (χ4v) is 2.93. The van der Waals surface area contributed by atoms with E-state index in [2.05, 4.69) is 6.07 Å². The maximum atomic E-state index is 12.0. The van der Waals surface area contributed by atoms with E-state index < -0.39 is 10.8 Å². The summed E-state index contributed by atoms with van der Waals surface area (Å²) in [6, 6.07) is 8.14. The van der Waals surface area contributed by atoms with Crippen molar-refractivity contribution < 1.29 is 4.21 Å². The minimum absolute atomic E-state index is 0.560. The van der Waals surface area contributed by atoms with E-state index >= 15 is 0 Å². The minimum Gasteiger partial charge on any atom is -0.254 e. The maximum Gasteiger partial charge on any atom is 0.0621 e. The Morgan fingerprint density at radius 1 is 1.31 bits per heavy atom. The summed E-state index contributed by atoms with van der Waals surface area (Å²) in [4.78, 5) is 0.942. The molecule has 1 aromatic carbocycles. The zero-order valence-corrected chi connectivity index (χ0v) is 10.6. The lowest BCUT2D eigenvalue weighted by molar-refractivity contribution is 0.677. The zero-order valence-electron chi connectivity index (χ0n) is 9.82. The molecule has 3 heteroatoms. The molecule has 16 heavy (non-hydrogen) atoms. The first kappa shape index (κ1) is 12.9. The third-order valence-corrected chi connectivity index (χ3v) is 4.05. The highest BCUT2D eigenvalue weighted by Gasteiger charge is 2.06. The molecule has 0 aliphatic rings. The van der Waals surface area contributed by atoms with E-state index in [-0.39, 0.29) is 0 Å². The molecule has 0 fully saturated rings. The van der Waals surface area contributed by atoms with Gasteiger partial charge in [-0.05, 0) is 43.9 Å². The molecule has 0 saturated carbocycles. The topological polar surface area (TPSA) is 40.9 Å². The van der Waals surface area contributed by atoms with Gasteiger partial charge in [0.15, 0.2) is 0 Å². The van der Waals surface area contributed by atoms with Gasteiger partial charge in [0.25, 0.3) is 0 Å². The molecule has 0 saturated heterocycles. The van der Waals surface area contributed by atoms with Crippen LogP contribution in [0.1, 0.15) is 30.4 Å². The summed E-state index contributed by atoms with van der Waals surface area (Å²) < 4.78 is 12.0. The molecule has 1 unspecified atom stereocenters. The van der Waals surface area contributed by atoms with Crippen LogP contribution in [-0.2, 0) is 10.8 Å². The van der Waals surface area contributed by atoms with Crippen LogP contribution >= 0.6 is 0 Å². The van der Waals surface area contributed by atoms with E-state index in [1.807, 2.05) is 32.0 Å². The van der Waals surface area contributed by atoms with Crippen molar-refractivity contribution in [1.82, 2.24) is 0 Å². The number of aryl methyl sites for hydroxylation is 2. The minimum atomic E-state index is -0.918. The third kappa shape index (κ3) is 3.79. The van der Waals surface area contributed by atoms with Gasteiger partial charge in [0, 0.05) is 17.1 Å². The standard InChI is InChI=1S/C13H17NOS/c1-11-6-7-12(2)13(10-11)16(15)9-5-3-4-8-14/h6-7,10H,3-5,9H2,1-2H3. The Morgan fingerprint density at radius 2 is 2.06 bits per heavy atom. The fraction of sp³-hybridized carbons (Fsp3) is 0.462. The van der Waals surface area contributed by atoms with Crippen LogP contribution in [0.25, 0.3) is 0 Å². The van der Waals surface area contributed by atoms with Gasteiger partial charge in [0.1, 0.15) is 0 Å². The van der Waals surface area contributed by atoms with Crippen LogP contribution < -0.4 is 0 Å². The highest BCUT2D eigenvalue weighted by molar-refractivity contribution is 7.85. The van der Waals surface area contributed by atoms with E-state index in [9.17, 15) is 4.21 Å². The Labute approximate surface area is 99.8 Å². The first-order chi connectivity index (χ1) is 7.65. The molecule has 0 bridgehead atoms. The second kappa shape index (κ2) is 6.44. The summed E-state index contributed by atoms with van der Waals surface area (Å²) in [7, 11) is -0.918. The third-order valence-electron chi connectivity index (χ3n) is 2.46. The smallest absolute Gasteiger partial charge is 0.0621 e. The number of unbranched alkanes of at least 4 members (excludes halogenated alkanes) is 2. The molecule has 0 aliphatic heterocycles. The molecule has 0 radical (unpaired) electrons. The van der Waals surface area contributed by atoms with Gasteiger partial charge in [0.05, 0.1) is 16.9 Å². The predicted molar refractivity (Wildman–Crippen MR) is 66.7 cm³/mol. The van der Waals surface area contributed by atoms with Crippen molar-refractivity contribution in [3.63, 3.8) is 0 Å². The quantitative estimate of drug-likeness (QED) is 0.736. The van der Waals surface area contributed by atoms with Gasteiger partial charge >= 0.3 is 0 Å². The summed E-state index contributed by atoms with van der Waals surface area (Å²) in [5.41, 5.74) is 2.23. The first-order valence-electron chi connectivity index (χ1n) is 5.47. The Kier molecular flexibility index (Phi) is 5.21. The van der Waals surface area contributed by atoms with Crippen LogP contribution in [0.3, 0.4) is 0 Å². The summed E-state index contributed by atoms with van der Waals surface area (Å²) in [6.07, 6.45) is 2.25. The molecule has 0 N–H and O–H groups in total. The van der Waals surface area contributed by atoms with Crippen molar-refractivity contribution >= 4 is 10.8 Å². The van der Waals surface area contributed by atoms with Crippen LogP contribution in [0.2, 0.25) is 0 Å². The van der Waals surface area contributed by atoms with Crippen molar-refractivity contribution in [1.29, 1.82) is 5.26 Å². The molecule has 0 heterocycles. The van der Waals surface area contributed by atoms with E-state index in [4.69, 9.17) is 5.26 Å². The average molecular weight is 235 g/mol. The second-order valence-electron chi connectivity index (χ2n) is 3.93. The molecule has 0 spiro atoms. The lowest BCUT2D eigenvalue weighted by Gasteiger charge is -2.06. The maximum absolute atomic E-state index is 12.0. The summed E-state index contributed by atoms with van der Waals surface area (Å²) in [5, 5.41) is 8.40. The largest absolute Gasteiger partial charge is 0.254 e. The molecule has 0 aromatic heterocycles. The van der Waals surface area contributed by atoms with Crippen LogP contribution in [0.4, 0.5) is 0 Å². The zero-order chi connectivity index (χ0) is 12.0. The number of nitriles is 1. The van der Waals surface area contributed by atoms with Gasteiger partial charge in [-0.2, -0.15) is 5.26 Å². The van der Waals surface area contributed by atoms with Gasteiger partial charge in [0.2, 0.25) is 0 Å². The number of hydrogen-bond acceptors (Lipinski definition) is 2. The molecule has 1 atom stereocenters. The lowest BCUT2D eigenvalue weighted by atomic mass is 10.2. The van der Waals surface area contributed by atoms with Crippen LogP contribution in [-0.4, -0.2) is 9.96 Å². The van der Waals surface area contributed by atoms with Gasteiger partial charge in [-0.1, -0.05) is 12.1 Å². The van der Waals surface area contributed by atoms with Crippen LogP contribution in [0, 0.1) is 25.2 Å². The molecule has 1 rings (SSSR count). The molecule has 0 amide bonds. The van der Waals surface area contributed by atoms with Gasteiger partial charge in [-0.15, -0.1) is 0 Å². The van der Waals surface area contributed by atoms with E-state index in [1.54, 1.807) is 0 Å². The molecule has 86 valence electrons. The number of hydrogen-bond donors (Lipinski definition) is 0. The molecule has 1 aromatic rings. The van der Waals surface area contributed by atoms with Crippen LogP contribution in [0.15, 0.2) is 23.1 Å². The van der Waals surface area contributed by atoms with Crippen molar-refractivity contribution in [3.8, 4) is 6.07 Å². The van der Waals surface area contributed by atoms with Crippen molar-refractivity contribution in [3.05, 3.63) is 29.3 Å². The lowest BCUT2D eigenvalue weighted by Crippen LogP contribution is -2.00. The summed E-state index contributed by atoms with van der Waals surface area (Å²) in [5.74, 6) is 0.659. The fourth-order valence-electron chi connectivity index (χ4n) is 1.50. The van der Waals surface area contributed by atoms with E-state index in [0.29, 0.717) is 12.2 Å². The normalized spacial score (nSPS) is 12.1. The second-order valence-corrected chi connectivity index (χ2v) is 5.47. The first-order valence-corrected chi connectivity index (χ1v) is 6.79. The van der Waals surface area contributed by atoms with Crippen molar-refractivity contribution in [2.24, 2.45) is 0 Å². The van der Waals surface area contributed by atoms with Crippen LogP contribution in [0.5, 0.6) is 0 Å². The van der Waals surface area contributed by atoms with Crippen molar-refractivity contribution in [2.45, 2.75) is 38.0 Å². The monoisotopic (exact) mass is 235 g/mol. The Hall–Kier alpha value is -1.14. The molecule has 2 nitrogen and oxygen atoms in total. The molecule has 0 aliphatic carbocycles. The number of rotatable bonds is 5. The van der Waals surface area contributed by atoms with E-state index in [1.165, 1.54) is 0 Å². The summed E-state index contributed by atoms with van der Waals surface area (Å²) in [6.45, 7) is 4.00. The predicted octanol–water partition coefficient (Wildman–Crippen LogP) is 3.10. The number of nitrogens with zero attached hydrogens (tertiary/aromatic N) is 1. The van der Waals surface area contributed by atoms with Crippen molar-refractivity contribution in [2.75, 3.05) is 5.75 Å². The molecular formula is C13H17NOS. The van der Waals surface area contributed by atoms with Gasteiger partial charge < -0.3 is 0 Å². The Balaban J connectivity index is 2.59. The van der Waals surface area contributed by atoms with Gasteiger partial charge in [-0.25, -0.2) is 0 Å². The van der Waals surface area contributed by atoms with Gasteiger partial charge in [-0.3, -0.25) is 4.21 Å². The average Bonchev–Trinajstić information content (AvgIpc) is 2.27. The highest BCUT2D eigenvalue weighted by atomic mass is 32.2. The number of benzene rings is 1. The Morgan fingerprint density at radius 3 is 2.75 bits per heavy atom.